The third-order valence-corrected chi connectivity index (χ3v) is 5.06. The van der Waals surface area contributed by atoms with Gasteiger partial charge in [0.1, 0.15) is 6.54 Å². The summed E-state index contributed by atoms with van der Waals surface area (Å²) < 4.78 is 0. The second-order valence-electron chi connectivity index (χ2n) is 6.91. The first kappa shape index (κ1) is 18.3. The van der Waals surface area contributed by atoms with Gasteiger partial charge in [-0.25, -0.2) is 4.79 Å². The first-order valence-electron chi connectivity index (χ1n) is 8.96. The number of anilines is 1. The summed E-state index contributed by atoms with van der Waals surface area (Å²) in [5.41, 5.74) is 7.60. The van der Waals surface area contributed by atoms with Crippen LogP contribution in [0.3, 0.4) is 0 Å². The van der Waals surface area contributed by atoms with Crippen LogP contribution in [0, 0.1) is 5.92 Å². The first-order valence-corrected chi connectivity index (χ1v) is 8.96. The predicted molar refractivity (Wildman–Crippen MR) is 97.6 cm³/mol. The molecule has 2 heterocycles. The zero-order chi connectivity index (χ0) is 18.7. The van der Waals surface area contributed by atoms with Crippen molar-refractivity contribution >= 4 is 23.5 Å². The molecule has 0 radical (unpaired) electrons. The predicted octanol–water partition coefficient (Wildman–Crippen LogP) is 0.754. The number of carbonyl (C=O) groups is 3. The van der Waals surface area contributed by atoms with Gasteiger partial charge < -0.3 is 5.32 Å². The lowest BCUT2D eigenvalue weighted by Crippen LogP contribution is -2.30. The molecule has 2 unspecified atom stereocenters. The molecule has 1 aromatic carbocycles. The van der Waals surface area contributed by atoms with Gasteiger partial charge >= 0.3 is 6.03 Å². The third-order valence-electron chi connectivity index (χ3n) is 5.06. The Morgan fingerprint density at radius 2 is 1.81 bits per heavy atom. The van der Waals surface area contributed by atoms with Gasteiger partial charge in [0, 0.05) is 29.9 Å². The van der Waals surface area contributed by atoms with Gasteiger partial charge in [-0.3, -0.25) is 30.7 Å². The van der Waals surface area contributed by atoms with E-state index in [1.54, 1.807) is 24.3 Å². The van der Waals surface area contributed by atoms with Crippen LogP contribution in [-0.2, 0) is 4.79 Å². The summed E-state index contributed by atoms with van der Waals surface area (Å²) in [6, 6.07) is 7.10. The minimum absolute atomic E-state index is 0.00605. The smallest absolute Gasteiger partial charge is 0.329 e. The monoisotopic (exact) mass is 359 g/mol. The molecule has 0 spiro atoms. The molecule has 8 nitrogen and oxygen atoms in total. The van der Waals surface area contributed by atoms with E-state index in [2.05, 4.69) is 35.3 Å². The van der Waals surface area contributed by atoms with E-state index in [9.17, 15) is 14.4 Å². The van der Waals surface area contributed by atoms with E-state index in [4.69, 9.17) is 0 Å². The quantitative estimate of drug-likeness (QED) is 0.443. The normalized spacial score (nSPS) is 25.5. The first-order chi connectivity index (χ1) is 12.5. The molecule has 4 amide bonds. The highest BCUT2D eigenvalue weighted by molar-refractivity contribution is 6.12. The SMILES string of the molecule is CC1NNC(C)C1CCCNC(=O)c1ccc(N2CC(=O)NC2=O)cc1. The molecule has 0 bridgehead atoms. The molecular formula is C18H25N5O3. The molecule has 26 heavy (non-hydrogen) atoms. The van der Waals surface area contributed by atoms with Crippen LogP contribution in [-0.4, -0.2) is 43.0 Å². The number of nitrogens with one attached hydrogen (secondary N) is 4. The van der Waals surface area contributed by atoms with Crippen LogP contribution >= 0.6 is 0 Å². The maximum atomic E-state index is 12.2. The molecule has 2 aliphatic heterocycles. The summed E-state index contributed by atoms with van der Waals surface area (Å²) in [6.07, 6.45) is 1.96. The zero-order valence-electron chi connectivity index (χ0n) is 15.0. The highest BCUT2D eigenvalue weighted by Crippen LogP contribution is 2.20. The minimum atomic E-state index is -0.438. The van der Waals surface area contributed by atoms with E-state index in [0.29, 0.717) is 35.8 Å². The highest BCUT2D eigenvalue weighted by Gasteiger charge is 2.29. The average Bonchev–Trinajstić information content (AvgIpc) is 3.13. The lowest BCUT2D eigenvalue weighted by atomic mass is 9.92. The fourth-order valence-corrected chi connectivity index (χ4v) is 3.49. The maximum absolute atomic E-state index is 12.2. The van der Waals surface area contributed by atoms with Crippen molar-refractivity contribution < 1.29 is 14.4 Å². The van der Waals surface area contributed by atoms with Gasteiger partial charge in [-0.15, -0.1) is 0 Å². The molecular weight excluding hydrogens is 334 g/mol. The van der Waals surface area contributed by atoms with Crippen molar-refractivity contribution in [1.82, 2.24) is 21.5 Å². The van der Waals surface area contributed by atoms with E-state index < -0.39 is 6.03 Å². The number of carbonyl (C=O) groups excluding carboxylic acids is 3. The third kappa shape index (κ3) is 4.03. The fourth-order valence-electron chi connectivity index (χ4n) is 3.49. The number of urea groups is 1. The minimum Gasteiger partial charge on any atom is -0.352 e. The molecule has 2 atom stereocenters. The van der Waals surface area contributed by atoms with E-state index in [0.717, 1.165) is 12.8 Å². The molecule has 8 heteroatoms. The van der Waals surface area contributed by atoms with E-state index in [1.807, 2.05) is 0 Å². The molecule has 0 saturated carbocycles. The van der Waals surface area contributed by atoms with Crippen molar-refractivity contribution in [3.8, 4) is 0 Å². The Balaban J connectivity index is 1.46. The number of rotatable bonds is 6. The van der Waals surface area contributed by atoms with E-state index in [-0.39, 0.29) is 18.4 Å². The molecule has 3 rings (SSSR count). The van der Waals surface area contributed by atoms with E-state index in [1.165, 1.54) is 4.90 Å². The fraction of sp³-hybridized carbons (Fsp3) is 0.500. The largest absolute Gasteiger partial charge is 0.352 e. The van der Waals surface area contributed by atoms with Gasteiger partial charge in [-0.05, 0) is 56.9 Å². The summed E-state index contributed by atoms with van der Waals surface area (Å²) in [5, 5.41) is 5.16. The Kier molecular flexibility index (Phi) is 5.53. The van der Waals surface area contributed by atoms with Crippen LogP contribution in [0.1, 0.15) is 37.0 Å². The zero-order valence-corrected chi connectivity index (χ0v) is 15.0. The summed E-state index contributed by atoms with van der Waals surface area (Å²) in [4.78, 5) is 36.5. The number of amides is 4. The molecule has 2 aliphatic rings. The van der Waals surface area contributed by atoms with Gasteiger partial charge in [-0.1, -0.05) is 0 Å². The van der Waals surface area contributed by atoms with Crippen LogP contribution in [0.4, 0.5) is 10.5 Å². The second-order valence-corrected chi connectivity index (χ2v) is 6.91. The number of nitrogens with zero attached hydrogens (tertiary/aromatic N) is 1. The van der Waals surface area contributed by atoms with Crippen molar-refractivity contribution in [2.75, 3.05) is 18.0 Å². The number of benzene rings is 1. The van der Waals surface area contributed by atoms with Crippen molar-refractivity contribution in [1.29, 1.82) is 0 Å². The van der Waals surface area contributed by atoms with Crippen LogP contribution in [0.2, 0.25) is 0 Å². The number of hydrazine groups is 1. The van der Waals surface area contributed by atoms with Gasteiger partial charge in [0.15, 0.2) is 0 Å². The standard InChI is InChI=1S/C18H25N5O3/c1-11-15(12(2)22-21-11)4-3-9-19-17(25)13-5-7-14(8-6-13)23-10-16(24)20-18(23)26/h5-8,11-12,15,21-22H,3-4,9-10H2,1-2H3,(H,19,25)(H,20,24,26). The number of hydrogen-bond acceptors (Lipinski definition) is 5. The van der Waals surface area contributed by atoms with Crippen molar-refractivity contribution in [3.63, 3.8) is 0 Å². The van der Waals surface area contributed by atoms with Crippen LogP contribution in [0.25, 0.3) is 0 Å². The summed E-state index contributed by atoms with van der Waals surface area (Å²) in [7, 11) is 0. The van der Waals surface area contributed by atoms with Crippen molar-refractivity contribution in [3.05, 3.63) is 29.8 Å². The van der Waals surface area contributed by atoms with E-state index >= 15 is 0 Å². The number of hydrogen-bond donors (Lipinski definition) is 4. The molecule has 0 aromatic heterocycles. The molecule has 2 saturated heterocycles. The summed E-state index contributed by atoms with van der Waals surface area (Å²) in [5.74, 6) is 0.0934. The Labute approximate surface area is 152 Å². The Bertz CT molecular complexity index is 681. The second kappa shape index (κ2) is 7.84. The molecule has 140 valence electrons. The molecule has 4 N–H and O–H groups in total. The topological polar surface area (TPSA) is 103 Å². The lowest BCUT2D eigenvalue weighted by Gasteiger charge is -2.17. The highest BCUT2D eigenvalue weighted by atomic mass is 16.2. The van der Waals surface area contributed by atoms with Crippen molar-refractivity contribution in [2.24, 2.45) is 5.92 Å². The van der Waals surface area contributed by atoms with Crippen LogP contribution in [0.15, 0.2) is 24.3 Å². The Hall–Kier alpha value is -2.45. The molecule has 1 aromatic rings. The van der Waals surface area contributed by atoms with Gasteiger partial charge in [0.05, 0.1) is 0 Å². The molecule has 2 fully saturated rings. The number of imide groups is 1. The van der Waals surface area contributed by atoms with Gasteiger partial charge in [0.25, 0.3) is 5.91 Å². The van der Waals surface area contributed by atoms with Gasteiger partial charge in [0.2, 0.25) is 5.91 Å². The Morgan fingerprint density at radius 1 is 1.15 bits per heavy atom. The van der Waals surface area contributed by atoms with Crippen LogP contribution < -0.4 is 26.4 Å². The van der Waals surface area contributed by atoms with Crippen molar-refractivity contribution in [2.45, 2.75) is 38.8 Å². The van der Waals surface area contributed by atoms with Crippen LogP contribution in [0.5, 0.6) is 0 Å². The van der Waals surface area contributed by atoms with Gasteiger partial charge in [-0.2, -0.15) is 0 Å². The summed E-state index contributed by atoms with van der Waals surface area (Å²) in [6.45, 7) is 4.96. The Morgan fingerprint density at radius 3 is 2.38 bits per heavy atom. The summed E-state index contributed by atoms with van der Waals surface area (Å²) >= 11 is 0. The average molecular weight is 359 g/mol. The maximum Gasteiger partial charge on any atom is 0.329 e. The molecule has 0 aliphatic carbocycles. The lowest BCUT2D eigenvalue weighted by molar-refractivity contribution is -0.117.